The predicted molar refractivity (Wildman–Crippen MR) is 122 cm³/mol. The number of sulfonamides is 1. The fraction of sp³-hybridized carbons (Fsp3) is 0.636. The van der Waals surface area contributed by atoms with Gasteiger partial charge in [-0.05, 0) is 57.7 Å². The van der Waals surface area contributed by atoms with E-state index in [1.165, 1.54) is 6.42 Å². The molecule has 1 aliphatic carbocycles. The molecule has 0 aromatic heterocycles. The largest absolute Gasteiger partial charge is 0.326 e. The molecule has 1 saturated heterocycles. The van der Waals surface area contributed by atoms with Gasteiger partial charge in [-0.15, -0.1) is 0 Å². The van der Waals surface area contributed by atoms with Crippen molar-refractivity contribution in [2.45, 2.75) is 70.1 Å². The quantitative estimate of drug-likeness (QED) is 0.616. The Bertz CT molecular complexity index is 873. The lowest BCUT2D eigenvalue weighted by molar-refractivity contribution is -0.120. The first-order valence-corrected chi connectivity index (χ1v) is 12.8. The Morgan fingerprint density at radius 2 is 1.58 bits per heavy atom. The van der Waals surface area contributed by atoms with Crippen molar-refractivity contribution in [3.63, 3.8) is 0 Å². The van der Waals surface area contributed by atoms with Crippen molar-refractivity contribution in [2.24, 2.45) is 5.92 Å². The van der Waals surface area contributed by atoms with E-state index in [1.54, 1.807) is 36.9 Å². The zero-order valence-corrected chi connectivity index (χ0v) is 19.2. The molecule has 0 radical (unpaired) electrons. The second-order valence-corrected chi connectivity index (χ2v) is 11.1. The van der Waals surface area contributed by atoms with Crippen molar-refractivity contribution in [3.05, 3.63) is 24.3 Å². The lowest BCUT2D eigenvalue weighted by atomic mass is 9.88. The summed E-state index contributed by atoms with van der Waals surface area (Å²) < 4.78 is 26.8. The highest BCUT2D eigenvalue weighted by molar-refractivity contribution is 7.90. The lowest BCUT2D eigenvalue weighted by Gasteiger charge is -2.32. The first-order chi connectivity index (χ1) is 14.7. The number of nitrogens with zero attached hydrogens (tertiary/aromatic N) is 1. The van der Waals surface area contributed by atoms with Crippen LogP contribution in [-0.2, 0) is 14.8 Å². The third-order valence-electron chi connectivity index (χ3n) is 6.09. The maximum absolute atomic E-state index is 12.6. The number of amides is 3. The molecule has 1 aromatic rings. The van der Waals surface area contributed by atoms with Crippen LogP contribution in [0.4, 0.5) is 16.2 Å². The SMILES string of the molecule is CC(C)S(=O)(=O)NC1CCN(C(=O)Nc2cccc(NC(=O)C3CCCCC3)c2)CC1. The molecule has 0 atom stereocenters. The van der Waals surface area contributed by atoms with Gasteiger partial charge in [-0.25, -0.2) is 17.9 Å². The van der Waals surface area contributed by atoms with Gasteiger partial charge in [-0.3, -0.25) is 4.79 Å². The topological polar surface area (TPSA) is 108 Å². The van der Waals surface area contributed by atoms with Crippen molar-refractivity contribution in [2.75, 3.05) is 23.7 Å². The normalized spacial score (nSPS) is 18.7. The van der Waals surface area contributed by atoms with Gasteiger partial charge in [0.05, 0.1) is 5.25 Å². The van der Waals surface area contributed by atoms with Crippen molar-refractivity contribution in [1.29, 1.82) is 0 Å². The number of carbonyl (C=O) groups is 2. The van der Waals surface area contributed by atoms with Gasteiger partial charge in [0.15, 0.2) is 0 Å². The Balaban J connectivity index is 1.49. The van der Waals surface area contributed by atoms with Crippen LogP contribution in [0.3, 0.4) is 0 Å². The molecule has 3 N–H and O–H groups in total. The number of urea groups is 1. The highest BCUT2D eigenvalue weighted by Crippen LogP contribution is 2.25. The van der Waals surface area contributed by atoms with E-state index >= 15 is 0 Å². The Kier molecular flexibility index (Phi) is 7.94. The fourth-order valence-corrected chi connectivity index (χ4v) is 5.03. The van der Waals surface area contributed by atoms with Crippen molar-refractivity contribution in [3.8, 4) is 0 Å². The van der Waals surface area contributed by atoms with E-state index in [2.05, 4.69) is 15.4 Å². The minimum Gasteiger partial charge on any atom is -0.326 e. The smallest absolute Gasteiger partial charge is 0.321 e. The monoisotopic (exact) mass is 450 g/mol. The second kappa shape index (κ2) is 10.5. The fourth-order valence-electron chi connectivity index (χ4n) is 4.06. The molecule has 3 amide bonds. The molecule has 1 saturated carbocycles. The number of nitrogens with one attached hydrogen (secondary N) is 3. The van der Waals surface area contributed by atoms with Gasteiger partial charge in [0.1, 0.15) is 0 Å². The Hall–Kier alpha value is -2.13. The first kappa shape index (κ1) is 23.5. The van der Waals surface area contributed by atoms with E-state index in [0.29, 0.717) is 37.3 Å². The molecule has 3 rings (SSSR count). The highest BCUT2D eigenvalue weighted by atomic mass is 32.2. The molecular formula is C22H34N4O4S. The average Bonchev–Trinajstić information content (AvgIpc) is 2.74. The highest BCUT2D eigenvalue weighted by Gasteiger charge is 2.27. The number of piperidine rings is 1. The van der Waals surface area contributed by atoms with Gasteiger partial charge in [0, 0.05) is 36.4 Å². The number of anilines is 2. The first-order valence-electron chi connectivity index (χ1n) is 11.2. The lowest BCUT2D eigenvalue weighted by Crippen LogP contribution is -2.48. The predicted octanol–water partition coefficient (Wildman–Crippen LogP) is 3.53. The molecule has 8 nitrogen and oxygen atoms in total. The van der Waals surface area contributed by atoms with Crippen LogP contribution in [0.15, 0.2) is 24.3 Å². The summed E-state index contributed by atoms with van der Waals surface area (Å²) in [6.07, 6.45) is 6.44. The van der Waals surface area contributed by atoms with Crippen molar-refractivity contribution < 1.29 is 18.0 Å². The molecule has 1 aliphatic heterocycles. The summed E-state index contributed by atoms with van der Waals surface area (Å²) in [5, 5.41) is 5.38. The van der Waals surface area contributed by atoms with Crippen LogP contribution >= 0.6 is 0 Å². The van der Waals surface area contributed by atoms with Crippen molar-refractivity contribution >= 4 is 33.3 Å². The average molecular weight is 451 g/mol. The molecular weight excluding hydrogens is 416 g/mol. The van der Waals surface area contributed by atoms with E-state index in [4.69, 9.17) is 0 Å². The number of carbonyl (C=O) groups excluding carboxylic acids is 2. The van der Waals surface area contributed by atoms with Gasteiger partial charge in [0.2, 0.25) is 15.9 Å². The number of benzene rings is 1. The zero-order chi connectivity index (χ0) is 22.4. The van der Waals surface area contributed by atoms with E-state index in [9.17, 15) is 18.0 Å². The summed E-state index contributed by atoms with van der Waals surface area (Å²) in [5.41, 5.74) is 1.30. The van der Waals surface area contributed by atoms with E-state index in [-0.39, 0.29) is 23.9 Å². The van der Waals surface area contributed by atoms with E-state index in [0.717, 1.165) is 25.7 Å². The van der Waals surface area contributed by atoms with Gasteiger partial charge in [0.25, 0.3) is 0 Å². The molecule has 2 aliphatic rings. The summed E-state index contributed by atoms with van der Waals surface area (Å²) in [7, 11) is -3.31. The Labute approximate surface area is 185 Å². The molecule has 172 valence electrons. The van der Waals surface area contributed by atoms with E-state index < -0.39 is 15.3 Å². The van der Waals surface area contributed by atoms with Crippen LogP contribution < -0.4 is 15.4 Å². The van der Waals surface area contributed by atoms with Crippen LogP contribution in [0, 0.1) is 5.92 Å². The summed E-state index contributed by atoms with van der Waals surface area (Å²) in [4.78, 5) is 26.8. The maximum Gasteiger partial charge on any atom is 0.321 e. The minimum atomic E-state index is -3.31. The van der Waals surface area contributed by atoms with Crippen LogP contribution in [0.1, 0.15) is 58.8 Å². The number of hydrogen-bond acceptors (Lipinski definition) is 4. The molecule has 0 spiro atoms. The Morgan fingerprint density at radius 1 is 0.968 bits per heavy atom. The number of rotatable bonds is 6. The third-order valence-corrected chi connectivity index (χ3v) is 7.99. The molecule has 0 unspecified atom stereocenters. The standard InChI is InChI=1S/C22H34N4O4S/c1-16(2)31(29,30)25-18-11-13-26(14-12-18)22(28)24-20-10-6-9-19(15-20)23-21(27)17-7-4-3-5-8-17/h6,9-10,15-18,25H,3-5,7-8,11-14H2,1-2H3,(H,23,27)(H,24,28). The van der Waals surface area contributed by atoms with E-state index in [1.807, 2.05) is 6.07 Å². The summed E-state index contributed by atoms with van der Waals surface area (Å²) in [6.45, 7) is 4.26. The van der Waals surface area contributed by atoms with Gasteiger partial charge < -0.3 is 15.5 Å². The zero-order valence-electron chi connectivity index (χ0n) is 18.4. The van der Waals surface area contributed by atoms with Crippen molar-refractivity contribution in [1.82, 2.24) is 9.62 Å². The summed E-state index contributed by atoms with van der Waals surface area (Å²) in [5.74, 6) is 0.121. The van der Waals surface area contributed by atoms with Crippen LogP contribution in [0.2, 0.25) is 0 Å². The van der Waals surface area contributed by atoms with Gasteiger partial charge >= 0.3 is 6.03 Å². The maximum atomic E-state index is 12.6. The van der Waals surface area contributed by atoms with Gasteiger partial charge in [-0.1, -0.05) is 25.3 Å². The molecule has 9 heteroatoms. The molecule has 31 heavy (non-hydrogen) atoms. The third kappa shape index (κ3) is 6.67. The number of hydrogen-bond donors (Lipinski definition) is 3. The molecule has 0 bridgehead atoms. The molecule has 2 fully saturated rings. The minimum absolute atomic E-state index is 0.0501. The Morgan fingerprint density at radius 3 is 2.19 bits per heavy atom. The van der Waals surface area contributed by atoms with Crippen LogP contribution in [-0.4, -0.2) is 49.6 Å². The number of likely N-dealkylation sites (tertiary alicyclic amines) is 1. The van der Waals surface area contributed by atoms with Crippen LogP contribution in [0.5, 0.6) is 0 Å². The van der Waals surface area contributed by atoms with Crippen LogP contribution in [0.25, 0.3) is 0 Å². The molecule has 1 heterocycles. The summed E-state index contributed by atoms with van der Waals surface area (Å²) in [6, 6.07) is 6.82. The second-order valence-electron chi connectivity index (χ2n) is 8.81. The molecule has 1 aromatic carbocycles. The van der Waals surface area contributed by atoms with Gasteiger partial charge in [-0.2, -0.15) is 0 Å². The summed E-state index contributed by atoms with van der Waals surface area (Å²) >= 11 is 0.